The number of nitrogens with zero attached hydrogens (tertiary/aromatic N) is 3. The molecule has 4 nitrogen and oxygen atoms in total. The van der Waals surface area contributed by atoms with Crippen LogP contribution in [0, 0.1) is 0 Å². The van der Waals surface area contributed by atoms with Crippen molar-refractivity contribution in [3.8, 4) is 0 Å². The highest BCUT2D eigenvalue weighted by atomic mass is 14.9. The van der Waals surface area contributed by atoms with E-state index in [0.717, 1.165) is 5.69 Å². The molecule has 2 rings (SSSR count). The third-order valence-electron chi connectivity index (χ3n) is 4.20. The zero-order valence-corrected chi connectivity index (χ0v) is 15.7. The van der Waals surface area contributed by atoms with E-state index in [2.05, 4.69) is 34.0 Å². The zero-order chi connectivity index (χ0) is 18.0. The monoisotopic (exact) mass is 342 g/mol. The van der Waals surface area contributed by atoms with Gasteiger partial charge in [0.15, 0.2) is 0 Å². The van der Waals surface area contributed by atoms with E-state index < -0.39 is 0 Å². The van der Waals surface area contributed by atoms with E-state index in [1.165, 1.54) is 95.2 Å². The van der Waals surface area contributed by atoms with Crippen LogP contribution in [0.25, 0.3) is 0 Å². The smallest absolute Gasteiger partial charge is 0.119 e. The van der Waals surface area contributed by atoms with E-state index in [4.69, 9.17) is 5.73 Å². The summed E-state index contributed by atoms with van der Waals surface area (Å²) in [5.41, 5.74) is 7.97. The molecule has 0 bridgehead atoms. The Balaban J connectivity index is 0.000000435. The van der Waals surface area contributed by atoms with Crippen molar-refractivity contribution in [3.05, 3.63) is 48.8 Å². The molecule has 2 N–H and O–H groups in total. The minimum absolute atomic E-state index is 0.867. The highest BCUT2D eigenvalue weighted by Crippen LogP contribution is 2.13. The molecule has 0 aliphatic carbocycles. The Morgan fingerprint density at radius 2 is 1.08 bits per heavy atom. The predicted octanol–water partition coefficient (Wildman–Crippen LogP) is 5.60. The van der Waals surface area contributed by atoms with Crippen molar-refractivity contribution in [3.63, 3.8) is 0 Å². The van der Waals surface area contributed by atoms with Crippen molar-refractivity contribution >= 4 is 5.69 Å². The van der Waals surface area contributed by atoms with Gasteiger partial charge in [-0.1, -0.05) is 76.8 Å². The number of hydrogen-bond acceptors (Lipinski definition) is 4. The van der Waals surface area contributed by atoms with Crippen molar-refractivity contribution in [2.45, 2.75) is 77.6 Å². The van der Waals surface area contributed by atoms with E-state index in [9.17, 15) is 0 Å². The topological polar surface area (TPSA) is 64.7 Å². The first-order valence-electron chi connectivity index (χ1n) is 9.72. The number of benzene rings is 1. The molecule has 0 spiro atoms. The lowest BCUT2D eigenvalue weighted by Gasteiger charge is -2.03. The minimum Gasteiger partial charge on any atom is -0.399 e. The Hall–Kier alpha value is -1.97. The SMILES string of the molecule is CCCCCCCCCCCCc1ccc(N)cc1.c1ncncn1. The molecule has 1 aromatic heterocycles. The van der Waals surface area contributed by atoms with Crippen LogP contribution in [0.4, 0.5) is 5.69 Å². The number of aromatic nitrogens is 3. The first kappa shape index (κ1) is 21.1. The summed E-state index contributed by atoms with van der Waals surface area (Å²) >= 11 is 0. The minimum atomic E-state index is 0.867. The summed E-state index contributed by atoms with van der Waals surface area (Å²) in [6.07, 6.45) is 19.6. The maximum atomic E-state index is 5.68. The Morgan fingerprint density at radius 1 is 0.640 bits per heavy atom. The highest BCUT2D eigenvalue weighted by Gasteiger charge is 1.95. The first-order valence-corrected chi connectivity index (χ1v) is 9.72. The van der Waals surface area contributed by atoms with Crippen LogP contribution < -0.4 is 5.73 Å². The van der Waals surface area contributed by atoms with Crippen LogP contribution in [-0.2, 0) is 6.42 Å². The van der Waals surface area contributed by atoms with Gasteiger partial charge in [-0.15, -0.1) is 0 Å². The van der Waals surface area contributed by atoms with E-state index in [1.54, 1.807) is 0 Å². The molecule has 0 aliphatic heterocycles. The molecule has 0 saturated heterocycles. The normalized spacial score (nSPS) is 10.1. The Morgan fingerprint density at radius 3 is 1.52 bits per heavy atom. The Labute approximate surface area is 153 Å². The average Bonchev–Trinajstić information content (AvgIpc) is 2.67. The van der Waals surface area contributed by atoms with Gasteiger partial charge in [0.25, 0.3) is 0 Å². The first-order chi connectivity index (χ1) is 12.3. The van der Waals surface area contributed by atoms with Gasteiger partial charge in [-0.05, 0) is 30.5 Å². The van der Waals surface area contributed by atoms with Crippen molar-refractivity contribution in [2.75, 3.05) is 5.73 Å². The number of unbranched alkanes of at least 4 members (excludes halogenated alkanes) is 9. The van der Waals surface area contributed by atoms with Crippen LogP contribution in [0.2, 0.25) is 0 Å². The molecule has 1 aromatic carbocycles. The standard InChI is InChI=1S/C18H31N.C3H3N3/c1-2-3-4-5-6-7-8-9-10-11-12-17-13-15-18(19)16-14-17;1-4-2-6-3-5-1/h13-16H,2-12,19H2,1H3;1-3H. The summed E-state index contributed by atoms with van der Waals surface area (Å²) < 4.78 is 0. The van der Waals surface area contributed by atoms with Crippen LogP contribution >= 0.6 is 0 Å². The lowest BCUT2D eigenvalue weighted by molar-refractivity contribution is 0.556. The second kappa shape index (κ2) is 15.6. The van der Waals surface area contributed by atoms with Gasteiger partial charge >= 0.3 is 0 Å². The van der Waals surface area contributed by atoms with Gasteiger partial charge in [-0.25, -0.2) is 15.0 Å². The summed E-state index contributed by atoms with van der Waals surface area (Å²) in [5.74, 6) is 0. The van der Waals surface area contributed by atoms with Gasteiger partial charge in [0.2, 0.25) is 0 Å². The van der Waals surface area contributed by atoms with Gasteiger partial charge < -0.3 is 5.73 Å². The zero-order valence-electron chi connectivity index (χ0n) is 15.7. The molecule has 0 unspecified atom stereocenters. The molecule has 0 atom stereocenters. The molecule has 1 heterocycles. The second-order valence-corrected chi connectivity index (χ2v) is 6.47. The number of aryl methyl sites for hydroxylation is 1. The van der Waals surface area contributed by atoms with Crippen LogP contribution in [-0.4, -0.2) is 15.0 Å². The average molecular weight is 343 g/mol. The molecular weight excluding hydrogens is 308 g/mol. The third kappa shape index (κ3) is 13.0. The van der Waals surface area contributed by atoms with Crippen molar-refractivity contribution < 1.29 is 0 Å². The molecule has 138 valence electrons. The van der Waals surface area contributed by atoms with Gasteiger partial charge in [0.05, 0.1) is 0 Å². The van der Waals surface area contributed by atoms with Crippen LogP contribution in [0.3, 0.4) is 0 Å². The summed E-state index contributed by atoms with van der Waals surface area (Å²) in [6.45, 7) is 2.28. The molecule has 0 amide bonds. The lowest BCUT2D eigenvalue weighted by Crippen LogP contribution is -1.88. The fraction of sp³-hybridized carbons (Fsp3) is 0.571. The molecular formula is C21H34N4. The van der Waals surface area contributed by atoms with Gasteiger partial charge in [-0.2, -0.15) is 0 Å². The van der Waals surface area contributed by atoms with Crippen molar-refractivity contribution in [2.24, 2.45) is 0 Å². The summed E-state index contributed by atoms with van der Waals surface area (Å²) in [4.78, 5) is 10.7. The Kier molecular flexibility index (Phi) is 13.1. The van der Waals surface area contributed by atoms with Gasteiger partial charge in [-0.3, -0.25) is 0 Å². The predicted molar refractivity (Wildman–Crippen MR) is 106 cm³/mol. The van der Waals surface area contributed by atoms with Gasteiger partial charge in [0.1, 0.15) is 19.0 Å². The maximum absolute atomic E-state index is 5.68. The summed E-state index contributed by atoms with van der Waals surface area (Å²) in [5, 5.41) is 0. The number of anilines is 1. The molecule has 25 heavy (non-hydrogen) atoms. The number of nitrogens with two attached hydrogens (primary N) is 1. The van der Waals surface area contributed by atoms with Crippen LogP contribution in [0.1, 0.15) is 76.7 Å². The quantitative estimate of drug-likeness (QED) is 0.426. The van der Waals surface area contributed by atoms with Crippen molar-refractivity contribution in [1.29, 1.82) is 0 Å². The van der Waals surface area contributed by atoms with E-state index in [-0.39, 0.29) is 0 Å². The van der Waals surface area contributed by atoms with Crippen LogP contribution in [0.15, 0.2) is 43.2 Å². The van der Waals surface area contributed by atoms with Gasteiger partial charge in [0, 0.05) is 5.69 Å². The molecule has 2 aromatic rings. The molecule has 0 fully saturated rings. The third-order valence-corrected chi connectivity index (χ3v) is 4.20. The van der Waals surface area contributed by atoms with E-state index >= 15 is 0 Å². The van der Waals surface area contributed by atoms with Crippen LogP contribution in [0.5, 0.6) is 0 Å². The summed E-state index contributed by atoms with van der Waals surface area (Å²) in [7, 11) is 0. The van der Waals surface area contributed by atoms with Crippen molar-refractivity contribution in [1.82, 2.24) is 15.0 Å². The summed E-state index contributed by atoms with van der Waals surface area (Å²) in [6, 6.07) is 8.32. The molecule has 0 saturated carbocycles. The van der Waals surface area contributed by atoms with E-state index in [1.807, 2.05) is 12.1 Å². The highest BCUT2D eigenvalue weighted by molar-refractivity contribution is 5.39. The maximum Gasteiger partial charge on any atom is 0.119 e. The lowest BCUT2D eigenvalue weighted by atomic mass is 10.0. The molecule has 0 aliphatic rings. The number of nitrogen functional groups attached to an aromatic ring is 1. The molecule has 0 radical (unpaired) electrons. The Bertz CT molecular complexity index is 472. The molecule has 4 heteroatoms. The second-order valence-electron chi connectivity index (χ2n) is 6.47. The fourth-order valence-corrected chi connectivity index (χ4v) is 2.71. The van der Waals surface area contributed by atoms with E-state index in [0.29, 0.717) is 0 Å². The number of hydrogen-bond donors (Lipinski definition) is 1. The number of rotatable bonds is 11. The fourth-order valence-electron chi connectivity index (χ4n) is 2.71. The largest absolute Gasteiger partial charge is 0.399 e.